The van der Waals surface area contributed by atoms with Crippen LogP contribution in [0.5, 0.6) is 0 Å². The molecule has 8 rings (SSSR count). The van der Waals surface area contributed by atoms with Crippen molar-refractivity contribution >= 4 is 11.8 Å². The minimum atomic E-state index is -1.80. The summed E-state index contributed by atoms with van der Waals surface area (Å²) in [5, 5.41) is 35.0. The Labute approximate surface area is 407 Å². The van der Waals surface area contributed by atoms with Crippen molar-refractivity contribution < 1.29 is 86.5 Å². The quantitative estimate of drug-likeness (QED) is 0.162. The number of hydrogen-bond donors (Lipinski definition) is 3. The first-order chi connectivity index (χ1) is 32.6. The van der Waals surface area contributed by atoms with Crippen molar-refractivity contribution in [2.45, 2.75) is 248 Å². The molecular formula is C51H82O18. The van der Waals surface area contributed by atoms with Crippen LogP contribution in [0.4, 0.5) is 0 Å². The number of Topliss-reactive ketones (excluding diaryl/α,β-unsaturated/α-hetero) is 1. The van der Waals surface area contributed by atoms with Gasteiger partial charge in [0.2, 0.25) is 0 Å². The molecule has 0 aromatic rings. The first-order valence-electron chi connectivity index (χ1n) is 25.5. The van der Waals surface area contributed by atoms with E-state index < -0.39 is 115 Å². The third-order valence-electron chi connectivity index (χ3n) is 18.3. The molecule has 0 aromatic carbocycles. The van der Waals surface area contributed by atoms with Crippen molar-refractivity contribution in [3.8, 4) is 0 Å². The highest BCUT2D eigenvalue weighted by atomic mass is 16.8. The van der Waals surface area contributed by atoms with Gasteiger partial charge in [-0.3, -0.25) is 9.59 Å². The third-order valence-corrected chi connectivity index (χ3v) is 18.3. The molecule has 3 saturated carbocycles. The Morgan fingerprint density at radius 3 is 1.55 bits per heavy atom. The van der Waals surface area contributed by atoms with E-state index in [0.717, 1.165) is 12.8 Å². The highest BCUT2D eigenvalue weighted by molar-refractivity contribution is 5.87. The Morgan fingerprint density at radius 1 is 0.623 bits per heavy atom. The van der Waals surface area contributed by atoms with Crippen molar-refractivity contribution in [3.05, 3.63) is 11.6 Å². The summed E-state index contributed by atoms with van der Waals surface area (Å²) in [5.41, 5.74) is -3.59. The number of methoxy groups -OCH3 is 4. The fourth-order valence-electron chi connectivity index (χ4n) is 14.2. The molecule has 0 radical (unpaired) electrons. The van der Waals surface area contributed by atoms with Gasteiger partial charge < -0.3 is 76.9 Å². The smallest absolute Gasteiger partial charge is 0.302 e. The van der Waals surface area contributed by atoms with Gasteiger partial charge in [-0.2, -0.15) is 0 Å². The molecule has 18 heteroatoms. The summed E-state index contributed by atoms with van der Waals surface area (Å²) in [4.78, 5) is 25.5. The zero-order valence-corrected chi connectivity index (χ0v) is 42.9. The van der Waals surface area contributed by atoms with Crippen molar-refractivity contribution in [2.75, 3.05) is 28.4 Å². The first-order valence-corrected chi connectivity index (χ1v) is 25.5. The Morgan fingerprint density at radius 2 is 1.09 bits per heavy atom. The van der Waals surface area contributed by atoms with Crippen LogP contribution in [0, 0.1) is 22.7 Å². The lowest BCUT2D eigenvalue weighted by molar-refractivity contribution is -0.347. The number of ether oxygens (including phenoxy) is 13. The zero-order chi connectivity index (χ0) is 50.0. The summed E-state index contributed by atoms with van der Waals surface area (Å²) in [6.07, 6.45) is -1.14. The Bertz CT molecular complexity index is 1840. The van der Waals surface area contributed by atoms with Crippen LogP contribution in [0.25, 0.3) is 0 Å². The van der Waals surface area contributed by atoms with E-state index in [1.165, 1.54) is 19.4 Å². The van der Waals surface area contributed by atoms with Crippen LogP contribution in [0.2, 0.25) is 0 Å². The van der Waals surface area contributed by atoms with Crippen molar-refractivity contribution in [1.82, 2.24) is 0 Å². The van der Waals surface area contributed by atoms with Gasteiger partial charge in [-0.15, -0.1) is 0 Å². The molecule has 8 aliphatic rings. The van der Waals surface area contributed by atoms with E-state index in [0.29, 0.717) is 44.9 Å². The molecule has 3 N–H and O–H groups in total. The van der Waals surface area contributed by atoms with Gasteiger partial charge in [0.05, 0.1) is 66.0 Å². The molecule has 0 unspecified atom stereocenters. The van der Waals surface area contributed by atoms with E-state index in [4.69, 9.17) is 61.6 Å². The van der Waals surface area contributed by atoms with Crippen LogP contribution in [0.3, 0.4) is 0 Å². The van der Waals surface area contributed by atoms with Crippen LogP contribution in [0.15, 0.2) is 11.6 Å². The van der Waals surface area contributed by atoms with Gasteiger partial charge in [0.1, 0.15) is 36.1 Å². The molecule has 0 bridgehead atoms. The molecule has 394 valence electrons. The molecule has 0 spiro atoms. The summed E-state index contributed by atoms with van der Waals surface area (Å²) in [5.74, 6) is -1.15. The zero-order valence-electron chi connectivity index (χ0n) is 42.9. The molecular weight excluding hydrogens is 901 g/mol. The fourth-order valence-corrected chi connectivity index (χ4v) is 14.2. The standard InChI is InChI=1S/C51H82O18/c1-25-44(54)35(57-9)21-41(61-25)67-46-27(3)63-43(23-37(46)59-11)69-47-28(4)64-42(24-38(47)60-12)68-45-26(2)62-40(22-36(45)58-10)66-32-15-16-48(7)31(19-32)13-14-33-34(48)20-39(65-30(6)53)49(8)50(55,29(5)52)17-18-51(33,49)56/h13,25-28,32-47,54-56H,14-24H2,1-12H3/t25-,26-,27-,28-,32+,33-,34+,35-,36-,37-,38-,39-,40+,41+,42+,43+,44-,45-,46-,47-,48+,49-,50-,51+/m1/s1. The number of aliphatic hydroxyl groups is 3. The number of allylic oxidation sites excluding steroid dienone is 1. The largest absolute Gasteiger partial charge is 0.462 e. The van der Waals surface area contributed by atoms with E-state index in [9.17, 15) is 24.9 Å². The van der Waals surface area contributed by atoms with E-state index >= 15 is 0 Å². The predicted molar refractivity (Wildman–Crippen MR) is 244 cm³/mol. The summed E-state index contributed by atoms with van der Waals surface area (Å²) in [6.45, 7) is 14.3. The molecule has 0 amide bonds. The van der Waals surface area contributed by atoms with Crippen molar-refractivity contribution in [2.24, 2.45) is 22.7 Å². The van der Waals surface area contributed by atoms with Gasteiger partial charge in [-0.05, 0) is 96.8 Å². The molecule has 0 aromatic heterocycles. The number of rotatable bonds is 14. The summed E-state index contributed by atoms with van der Waals surface area (Å²) < 4.78 is 81.2. The molecule has 4 aliphatic carbocycles. The monoisotopic (exact) mass is 983 g/mol. The fraction of sp³-hybridized carbons (Fsp3) is 0.922. The molecule has 4 heterocycles. The summed E-state index contributed by atoms with van der Waals surface area (Å²) in [7, 11) is 6.53. The second-order valence-electron chi connectivity index (χ2n) is 21.9. The second-order valence-corrected chi connectivity index (χ2v) is 21.9. The van der Waals surface area contributed by atoms with Crippen LogP contribution < -0.4 is 0 Å². The average molecular weight is 983 g/mol. The van der Waals surface area contributed by atoms with Crippen LogP contribution in [0.1, 0.15) is 126 Å². The number of esters is 1. The summed E-state index contributed by atoms with van der Waals surface area (Å²) >= 11 is 0. The van der Waals surface area contributed by atoms with E-state index in [2.05, 4.69) is 13.0 Å². The number of ketones is 1. The van der Waals surface area contributed by atoms with Crippen LogP contribution >= 0.6 is 0 Å². The lowest BCUT2D eigenvalue weighted by Crippen LogP contribution is -2.71. The van der Waals surface area contributed by atoms with Crippen LogP contribution in [-0.4, -0.2) is 177 Å². The third kappa shape index (κ3) is 9.67. The first kappa shape index (κ1) is 53.6. The van der Waals surface area contributed by atoms with E-state index in [-0.39, 0.29) is 54.5 Å². The molecule has 7 fully saturated rings. The SMILES string of the molecule is CO[C@@H]1C[C@H](O[C@@H]2[C@@H](C)O[C@@H](O[C@@H]3[C@@H](C)O[C@@H](O[C@@H]4[C@@H](C)O[C@@H](O[C@H]5CC[C@@]6(C)C(=CC[C@@H]7[C@@H]6C[C@@H](OC(C)=O)[C@]6(C)[C@](O)(C(C)=O)CC[C@]76O)C5)C[C@H]4OC)C[C@H]3OC)C[C@H]2OC)O[C@H](C)[C@H]1O. The average Bonchev–Trinajstić information content (AvgIpc) is 3.53. The van der Waals surface area contributed by atoms with Gasteiger partial charge >= 0.3 is 5.97 Å². The number of carbonyl (C=O) groups is 2. The number of carbonyl (C=O) groups excluding carboxylic acids is 2. The van der Waals surface area contributed by atoms with E-state index in [1.54, 1.807) is 42.3 Å². The van der Waals surface area contributed by atoms with E-state index in [1.807, 2.05) is 20.8 Å². The Kier molecular flexibility index (Phi) is 16.2. The molecule has 69 heavy (non-hydrogen) atoms. The van der Waals surface area contributed by atoms with Gasteiger partial charge in [0, 0.05) is 61.0 Å². The lowest BCUT2D eigenvalue weighted by Gasteiger charge is -2.63. The summed E-state index contributed by atoms with van der Waals surface area (Å²) in [6, 6.07) is 0. The highest BCUT2D eigenvalue weighted by Crippen LogP contribution is 2.69. The maximum absolute atomic E-state index is 13.0. The van der Waals surface area contributed by atoms with Crippen molar-refractivity contribution in [3.63, 3.8) is 0 Å². The molecule has 4 saturated heterocycles. The molecule has 4 aliphatic heterocycles. The Hall–Kier alpha value is -1.72. The maximum atomic E-state index is 13.0. The van der Waals surface area contributed by atoms with Gasteiger partial charge in [-0.1, -0.05) is 25.5 Å². The Balaban J connectivity index is 0.852. The van der Waals surface area contributed by atoms with Crippen molar-refractivity contribution in [1.29, 1.82) is 0 Å². The second kappa shape index (κ2) is 20.9. The minimum absolute atomic E-state index is 0.0320. The minimum Gasteiger partial charge on any atom is -0.462 e. The lowest BCUT2D eigenvalue weighted by atomic mass is 9.44. The van der Waals surface area contributed by atoms with Gasteiger partial charge in [0.15, 0.2) is 30.9 Å². The topological polar surface area (TPSA) is 215 Å². The molecule has 18 nitrogen and oxygen atoms in total. The van der Waals surface area contributed by atoms with Gasteiger partial charge in [0.25, 0.3) is 0 Å². The number of hydrogen-bond acceptors (Lipinski definition) is 18. The number of aliphatic hydroxyl groups excluding tert-OH is 1. The molecule has 24 atom stereocenters. The predicted octanol–water partition coefficient (Wildman–Crippen LogP) is 4.43. The normalized spacial score (nSPS) is 51.1. The van der Waals surface area contributed by atoms with Crippen LogP contribution in [-0.2, 0) is 71.2 Å². The number of fused-ring (bicyclic) bond motifs is 5. The highest BCUT2D eigenvalue weighted by Gasteiger charge is 2.76. The van der Waals surface area contributed by atoms with Gasteiger partial charge in [-0.25, -0.2) is 0 Å². The maximum Gasteiger partial charge on any atom is 0.302 e.